The summed E-state index contributed by atoms with van der Waals surface area (Å²) in [6.45, 7) is 4.54. The number of hydrogen-bond donors (Lipinski definition) is 2. The van der Waals surface area contributed by atoms with Crippen LogP contribution in [0.3, 0.4) is 0 Å². The van der Waals surface area contributed by atoms with Crippen LogP contribution in [-0.2, 0) is 10.0 Å². The quantitative estimate of drug-likeness (QED) is 0.637. The Morgan fingerprint density at radius 3 is 2.29 bits per heavy atom. The van der Waals surface area contributed by atoms with Crippen LogP contribution < -0.4 is 4.72 Å². The molecule has 0 aromatic carbocycles. The number of nitrogens with one attached hydrogen (secondary N) is 1. The van der Waals surface area contributed by atoms with Gasteiger partial charge in [-0.3, -0.25) is 0 Å². The summed E-state index contributed by atoms with van der Waals surface area (Å²) in [5, 5.41) is 8.51. The normalized spacial score (nSPS) is 12.3. The van der Waals surface area contributed by atoms with Crippen LogP contribution in [-0.4, -0.2) is 32.4 Å². The van der Waals surface area contributed by atoms with Gasteiger partial charge in [-0.05, 0) is 12.3 Å². The zero-order valence-corrected chi connectivity index (χ0v) is 9.81. The maximum absolute atomic E-state index is 11.3. The summed E-state index contributed by atoms with van der Waals surface area (Å²) in [5.74, 6) is 0.433. The fourth-order valence-electron chi connectivity index (χ4n) is 1.15. The smallest absolute Gasteiger partial charge is 0.211 e. The Morgan fingerprint density at radius 2 is 1.86 bits per heavy atom. The molecule has 0 saturated heterocycles. The number of sulfonamides is 1. The van der Waals surface area contributed by atoms with Crippen molar-refractivity contribution in [3.63, 3.8) is 0 Å². The van der Waals surface area contributed by atoms with Gasteiger partial charge in [0.25, 0.3) is 0 Å². The molecule has 0 aliphatic rings. The van der Waals surface area contributed by atoms with E-state index in [9.17, 15) is 8.42 Å². The molecule has 86 valence electrons. The first-order valence-electron chi connectivity index (χ1n) is 5.13. The third-order valence-electron chi connectivity index (χ3n) is 2.32. The summed E-state index contributed by atoms with van der Waals surface area (Å²) in [5.41, 5.74) is 0. The predicted octanol–water partition coefficient (Wildman–Crippen LogP) is 0.724. The fourth-order valence-corrected chi connectivity index (χ4v) is 2.29. The van der Waals surface area contributed by atoms with Crippen molar-refractivity contribution in [2.24, 2.45) is 5.92 Å². The molecule has 0 aliphatic heterocycles. The van der Waals surface area contributed by atoms with Crippen molar-refractivity contribution in [2.75, 3.05) is 18.9 Å². The SMILES string of the molecule is CCC(CC)CNS(=O)(=O)CCCO. The van der Waals surface area contributed by atoms with Crippen LogP contribution in [0.4, 0.5) is 0 Å². The first-order chi connectivity index (χ1) is 6.55. The molecule has 4 nitrogen and oxygen atoms in total. The van der Waals surface area contributed by atoms with E-state index in [1.54, 1.807) is 0 Å². The maximum atomic E-state index is 11.3. The lowest BCUT2D eigenvalue weighted by Gasteiger charge is -2.13. The molecule has 0 amide bonds. The molecule has 0 radical (unpaired) electrons. The Balaban J connectivity index is 3.86. The monoisotopic (exact) mass is 223 g/mol. The highest BCUT2D eigenvalue weighted by atomic mass is 32.2. The third-order valence-corrected chi connectivity index (χ3v) is 3.75. The van der Waals surface area contributed by atoms with Gasteiger partial charge in [-0.25, -0.2) is 13.1 Å². The predicted molar refractivity (Wildman–Crippen MR) is 57.6 cm³/mol. The van der Waals surface area contributed by atoms with E-state index in [1.807, 2.05) is 0 Å². The molecule has 5 heteroatoms. The van der Waals surface area contributed by atoms with Gasteiger partial charge in [0.1, 0.15) is 0 Å². The van der Waals surface area contributed by atoms with Gasteiger partial charge in [-0.1, -0.05) is 26.7 Å². The highest BCUT2D eigenvalue weighted by molar-refractivity contribution is 7.89. The lowest BCUT2D eigenvalue weighted by Crippen LogP contribution is -2.31. The van der Waals surface area contributed by atoms with Gasteiger partial charge < -0.3 is 5.11 Å². The Bertz CT molecular complexity index is 222. The molecule has 0 bridgehead atoms. The second kappa shape index (κ2) is 7.20. The summed E-state index contributed by atoms with van der Waals surface area (Å²) in [4.78, 5) is 0. The van der Waals surface area contributed by atoms with Crippen molar-refractivity contribution >= 4 is 10.0 Å². The van der Waals surface area contributed by atoms with E-state index < -0.39 is 10.0 Å². The second-order valence-corrected chi connectivity index (χ2v) is 5.35. The van der Waals surface area contributed by atoms with Gasteiger partial charge in [0.15, 0.2) is 0 Å². The van der Waals surface area contributed by atoms with Crippen LogP contribution in [0.25, 0.3) is 0 Å². The summed E-state index contributed by atoms with van der Waals surface area (Å²) in [6.07, 6.45) is 2.27. The summed E-state index contributed by atoms with van der Waals surface area (Å²) >= 11 is 0. The Kier molecular flexibility index (Phi) is 7.13. The Morgan fingerprint density at radius 1 is 1.29 bits per heavy atom. The maximum Gasteiger partial charge on any atom is 0.211 e. The largest absolute Gasteiger partial charge is 0.396 e. The average Bonchev–Trinajstić information content (AvgIpc) is 2.16. The van der Waals surface area contributed by atoms with E-state index in [4.69, 9.17) is 5.11 Å². The number of aliphatic hydroxyl groups is 1. The van der Waals surface area contributed by atoms with Crippen LogP contribution in [0.2, 0.25) is 0 Å². The second-order valence-electron chi connectivity index (χ2n) is 3.43. The first kappa shape index (κ1) is 13.9. The zero-order chi connectivity index (χ0) is 11.0. The van der Waals surface area contributed by atoms with E-state index in [0.29, 0.717) is 18.9 Å². The minimum absolute atomic E-state index is 0.0175. The molecular weight excluding hydrogens is 202 g/mol. The van der Waals surface area contributed by atoms with Crippen molar-refractivity contribution in [1.29, 1.82) is 0 Å². The first-order valence-corrected chi connectivity index (χ1v) is 6.79. The zero-order valence-electron chi connectivity index (χ0n) is 8.99. The van der Waals surface area contributed by atoms with E-state index in [0.717, 1.165) is 12.8 Å². The molecule has 0 atom stereocenters. The molecule has 0 unspecified atom stereocenters. The summed E-state index contributed by atoms with van der Waals surface area (Å²) in [7, 11) is -3.17. The molecule has 0 aromatic heterocycles. The van der Waals surface area contributed by atoms with Gasteiger partial charge in [0.05, 0.1) is 5.75 Å². The highest BCUT2D eigenvalue weighted by Crippen LogP contribution is 2.05. The van der Waals surface area contributed by atoms with E-state index in [2.05, 4.69) is 18.6 Å². The molecular formula is C9H21NO3S. The van der Waals surface area contributed by atoms with Gasteiger partial charge in [-0.15, -0.1) is 0 Å². The summed E-state index contributed by atoms with van der Waals surface area (Å²) in [6, 6.07) is 0. The third kappa shape index (κ3) is 6.34. The van der Waals surface area contributed by atoms with Gasteiger partial charge in [0, 0.05) is 13.2 Å². The average molecular weight is 223 g/mol. The Hall–Kier alpha value is -0.130. The highest BCUT2D eigenvalue weighted by Gasteiger charge is 2.11. The number of rotatable bonds is 8. The van der Waals surface area contributed by atoms with Crippen molar-refractivity contribution in [3.8, 4) is 0 Å². The van der Waals surface area contributed by atoms with E-state index >= 15 is 0 Å². The van der Waals surface area contributed by atoms with Gasteiger partial charge >= 0.3 is 0 Å². The molecule has 0 aromatic rings. The molecule has 0 saturated carbocycles. The van der Waals surface area contributed by atoms with Crippen LogP contribution in [0.5, 0.6) is 0 Å². The van der Waals surface area contributed by atoms with Crippen molar-refractivity contribution in [3.05, 3.63) is 0 Å². The molecule has 0 aliphatic carbocycles. The minimum atomic E-state index is -3.17. The Labute approximate surface area is 86.8 Å². The number of aliphatic hydroxyl groups excluding tert-OH is 1. The number of hydrogen-bond acceptors (Lipinski definition) is 3. The molecule has 0 rings (SSSR count). The molecule has 0 fully saturated rings. The van der Waals surface area contributed by atoms with Crippen LogP contribution in [0, 0.1) is 5.92 Å². The van der Waals surface area contributed by atoms with Crippen molar-refractivity contribution < 1.29 is 13.5 Å². The fraction of sp³-hybridized carbons (Fsp3) is 1.00. The van der Waals surface area contributed by atoms with Crippen molar-refractivity contribution in [2.45, 2.75) is 33.1 Å². The molecule has 0 heterocycles. The standard InChI is InChI=1S/C9H21NO3S/c1-3-9(4-2)8-10-14(12,13)7-5-6-11/h9-11H,3-8H2,1-2H3. The van der Waals surface area contributed by atoms with Crippen molar-refractivity contribution in [1.82, 2.24) is 4.72 Å². The van der Waals surface area contributed by atoms with E-state index in [1.165, 1.54) is 0 Å². The topological polar surface area (TPSA) is 66.4 Å². The van der Waals surface area contributed by atoms with Crippen LogP contribution in [0.1, 0.15) is 33.1 Å². The summed E-state index contributed by atoms with van der Waals surface area (Å²) < 4.78 is 25.2. The lowest BCUT2D eigenvalue weighted by atomic mass is 10.0. The minimum Gasteiger partial charge on any atom is -0.396 e. The molecule has 14 heavy (non-hydrogen) atoms. The van der Waals surface area contributed by atoms with Crippen LogP contribution in [0.15, 0.2) is 0 Å². The lowest BCUT2D eigenvalue weighted by molar-refractivity contribution is 0.295. The molecule has 0 spiro atoms. The van der Waals surface area contributed by atoms with E-state index in [-0.39, 0.29) is 12.4 Å². The van der Waals surface area contributed by atoms with Crippen LogP contribution >= 0.6 is 0 Å². The molecule has 2 N–H and O–H groups in total. The van der Waals surface area contributed by atoms with Gasteiger partial charge in [0.2, 0.25) is 10.0 Å². The van der Waals surface area contributed by atoms with Gasteiger partial charge in [-0.2, -0.15) is 0 Å².